The van der Waals surface area contributed by atoms with Gasteiger partial charge in [0, 0.05) is 5.56 Å². The molecule has 0 saturated carbocycles. The standard InChI is InChI=1S/C21H16N2O3/c1-14-22-20(26-23-14)16-9-11-17(12-10-16)21(24)25-13-18-7-4-6-15-5-2-3-8-19(15)18/h2-12H,13H2,1H3. The second-order valence-corrected chi connectivity index (χ2v) is 5.94. The van der Waals surface area contributed by atoms with Gasteiger partial charge in [0.2, 0.25) is 0 Å². The molecule has 1 aromatic heterocycles. The Kier molecular flexibility index (Phi) is 4.19. The van der Waals surface area contributed by atoms with Gasteiger partial charge in [0.25, 0.3) is 5.89 Å². The average Bonchev–Trinajstić information content (AvgIpc) is 3.12. The Bertz CT molecular complexity index is 1060. The molecule has 0 unspecified atom stereocenters. The van der Waals surface area contributed by atoms with E-state index in [9.17, 15) is 4.79 Å². The molecular weight excluding hydrogens is 328 g/mol. The summed E-state index contributed by atoms with van der Waals surface area (Å²) >= 11 is 0. The highest BCUT2D eigenvalue weighted by atomic mass is 16.5. The summed E-state index contributed by atoms with van der Waals surface area (Å²) in [7, 11) is 0. The van der Waals surface area contributed by atoms with Gasteiger partial charge in [0.1, 0.15) is 6.61 Å². The molecule has 3 aromatic carbocycles. The number of hydrogen-bond acceptors (Lipinski definition) is 5. The maximum atomic E-state index is 12.3. The minimum absolute atomic E-state index is 0.227. The average molecular weight is 344 g/mol. The third kappa shape index (κ3) is 3.19. The van der Waals surface area contributed by atoms with Gasteiger partial charge in [-0.15, -0.1) is 0 Å². The number of rotatable bonds is 4. The fourth-order valence-electron chi connectivity index (χ4n) is 2.81. The molecular formula is C21H16N2O3. The minimum Gasteiger partial charge on any atom is -0.457 e. The van der Waals surface area contributed by atoms with Crippen LogP contribution < -0.4 is 0 Å². The Morgan fingerprint density at radius 3 is 2.54 bits per heavy atom. The lowest BCUT2D eigenvalue weighted by Gasteiger charge is -2.08. The first-order valence-electron chi connectivity index (χ1n) is 8.25. The van der Waals surface area contributed by atoms with Crippen LogP contribution in [0.4, 0.5) is 0 Å². The van der Waals surface area contributed by atoms with E-state index in [-0.39, 0.29) is 12.6 Å². The minimum atomic E-state index is -0.369. The van der Waals surface area contributed by atoms with Crippen molar-refractivity contribution < 1.29 is 14.1 Å². The number of esters is 1. The van der Waals surface area contributed by atoms with Crippen molar-refractivity contribution in [1.82, 2.24) is 10.1 Å². The number of ether oxygens (including phenoxy) is 1. The van der Waals surface area contributed by atoms with Gasteiger partial charge in [-0.1, -0.05) is 47.6 Å². The van der Waals surface area contributed by atoms with E-state index in [0.717, 1.165) is 21.9 Å². The molecule has 4 rings (SSSR count). The Morgan fingerprint density at radius 1 is 1.00 bits per heavy atom. The highest BCUT2D eigenvalue weighted by Crippen LogP contribution is 2.21. The zero-order valence-electron chi connectivity index (χ0n) is 14.2. The van der Waals surface area contributed by atoms with Gasteiger partial charge in [-0.05, 0) is 47.5 Å². The van der Waals surface area contributed by atoms with Gasteiger partial charge in [-0.2, -0.15) is 4.98 Å². The third-order valence-electron chi connectivity index (χ3n) is 4.13. The van der Waals surface area contributed by atoms with E-state index in [2.05, 4.69) is 10.1 Å². The summed E-state index contributed by atoms with van der Waals surface area (Å²) in [6, 6.07) is 20.9. The van der Waals surface area contributed by atoms with Crippen LogP contribution in [-0.4, -0.2) is 16.1 Å². The first-order valence-corrected chi connectivity index (χ1v) is 8.25. The lowest BCUT2D eigenvalue weighted by Crippen LogP contribution is -2.05. The van der Waals surface area contributed by atoms with Crippen molar-refractivity contribution in [1.29, 1.82) is 0 Å². The summed E-state index contributed by atoms with van der Waals surface area (Å²) in [6.45, 7) is 1.98. The van der Waals surface area contributed by atoms with Crippen LogP contribution in [0, 0.1) is 6.92 Å². The van der Waals surface area contributed by atoms with Gasteiger partial charge in [0.05, 0.1) is 5.56 Å². The van der Waals surface area contributed by atoms with Crippen molar-refractivity contribution in [2.24, 2.45) is 0 Å². The Labute approximate surface area is 150 Å². The normalized spacial score (nSPS) is 10.8. The van der Waals surface area contributed by atoms with Crippen molar-refractivity contribution in [3.63, 3.8) is 0 Å². The molecule has 4 aromatic rings. The molecule has 26 heavy (non-hydrogen) atoms. The van der Waals surface area contributed by atoms with Gasteiger partial charge < -0.3 is 9.26 Å². The van der Waals surface area contributed by atoms with Gasteiger partial charge in [-0.3, -0.25) is 0 Å². The molecule has 5 nitrogen and oxygen atoms in total. The van der Waals surface area contributed by atoms with Crippen LogP contribution in [0.5, 0.6) is 0 Å². The Hall–Kier alpha value is -3.47. The molecule has 0 saturated heterocycles. The first-order chi connectivity index (χ1) is 12.7. The quantitative estimate of drug-likeness (QED) is 0.508. The molecule has 0 aliphatic heterocycles. The lowest BCUT2D eigenvalue weighted by molar-refractivity contribution is 0.0474. The van der Waals surface area contributed by atoms with Crippen LogP contribution in [0.3, 0.4) is 0 Å². The van der Waals surface area contributed by atoms with E-state index < -0.39 is 0 Å². The summed E-state index contributed by atoms with van der Waals surface area (Å²) in [6.07, 6.45) is 0. The highest BCUT2D eigenvalue weighted by molar-refractivity contribution is 5.90. The summed E-state index contributed by atoms with van der Waals surface area (Å²) in [5, 5.41) is 5.97. The molecule has 0 atom stereocenters. The highest BCUT2D eigenvalue weighted by Gasteiger charge is 2.11. The zero-order chi connectivity index (χ0) is 17.9. The summed E-state index contributed by atoms with van der Waals surface area (Å²) < 4.78 is 10.6. The molecule has 0 amide bonds. The van der Waals surface area contributed by atoms with E-state index in [4.69, 9.17) is 9.26 Å². The van der Waals surface area contributed by atoms with Crippen LogP contribution in [0.25, 0.3) is 22.2 Å². The molecule has 128 valence electrons. The number of aryl methyl sites for hydroxylation is 1. The number of nitrogens with zero attached hydrogens (tertiary/aromatic N) is 2. The number of carbonyl (C=O) groups excluding carboxylic acids is 1. The summed E-state index contributed by atoms with van der Waals surface area (Å²) in [5.74, 6) is 0.628. The molecule has 1 heterocycles. The number of carbonyl (C=O) groups is 1. The predicted octanol–water partition coefficient (Wildman–Crippen LogP) is 4.56. The van der Waals surface area contributed by atoms with E-state index in [1.165, 1.54) is 0 Å². The number of hydrogen-bond donors (Lipinski definition) is 0. The second-order valence-electron chi connectivity index (χ2n) is 5.94. The van der Waals surface area contributed by atoms with Crippen molar-refractivity contribution in [3.05, 3.63) is 83.7 Å². The third-order valence-corrected chi connectivity index (χ3v) is 4.13. The van der Waals surface area contributed by atoms with E-state index >= 15 is 0 Å². The predicted molar refractivity (Wildman–Crippen MR) is 97.5 cm³/mol. The number of benzene rings is 3. The largest absolute Gasteiger partial charge is 0.457 e. The first kappa shape index (κ1) is 16.0. The monoisotopic (exact) mass is 344 g/mol. The molecule has 5 heteroatoms. The van der Waals surface area contributed by atoms with E-state index in [1.807, 2.05) is 42.5 Å². The van der Waals surface area contributed by atoms with Gasteiger partial charge >= 0.3 is 5.97 Å². The van der Waals surface area contributed by atoms with E-state index in [1.54, 1.807) is 31.2 Å². The second kappa shape index (κ2) is 6.80. The number of fused-ring (bicyclic) bond motifs is 1. The molecule has 0 bridgehead atoms. The fourth-order valence-corrected chi connectivity index (χ4v) is 2.81. The van der Waals surface area contributed by atoms with Gasteiger partial charge in [0.15, 0.2) is 5.82 Å². The van der Waals surface area contributed by atoms with E-state index in [0.29, 0.717) is 17.3 Å². The zero-order valence-corrected chi connectivity index (χ0v) is 14.2. The van der Waals surface area contributed by atoms with Crippen LogP contribution >= 0.6 is 0 Å². The maximum absolute atomic E-state index is 12.3. The molecule has 0 aliphatic rings. The molecule has 0 N–H and O–H groups in total. The van der Waals surface area contributed by atoms with Crippen molar-refractivity contribution in [3.8, 4) is 11.5 Å². The Balaban J connectivity index is 1.48. The lowest BCUT2D eigenvalue weighted by atomic mass is 10.1. The molecule has 0 radical (unpaired) electrons. The van der Waals surface area contributed by atoms with Crippen LogP contribution in [0.1, 0.15) is 21.7 Å². The smallest absolute Gasteiger partial charge is 0.338 e. The molecule has 0 aliphatic carbocycles. The van der Waals surface area contributed by atoms with Crippen molar-refractivity contribution in [2.45, 2.75) is 13.5 Å². The molecule has 0 fully saturated rings. The summed E-state index contributed by atoms with van der Waals surface area (Å²) in [5.41, 5.74) is 2.22. The van der Waals surface area contributed by atoms with Crippen molar-refractivity contribution in [2.75, 3.05) is 0 Å². The van der Waals surface area contributed by atoms with Crippen LogP contribution in [0.15, 0.2) is 71.3 Å². The van der Waals surface area contributed by atoms with Crippen LogP contribution in [0.2, 0.25) is 0 Å². The van der Waals surface area contributed by atoms with Crippen LogP contribution in [-0.2, 0) is 11.3 Å². The molecule has 0 spiro atoms. The Morgan fingerprint density at radius 2 is 1.77 bits per heavy atom. The number of aromatic nitrogens is 2. The van der Waals surface area contributed by atoms with Gasteiger partial charge in [-0.25, -0.2) is 4.79 Å². The SMILES string of the molecule is Cc1noc(-c2ccc(C(=O)OCc3cccc4ccccc34)cc2)n1. The summed E-state index contributed by atoms with van der Waals surface area (Å²) in [4.78, 5) is 16.5. The maximum Gasteiger partial charge on any atom is 0.338 e. The fraction of sp³-hybridized carbons (Fsp3) is 0.0952. The topological polar surface area (TPSA) is 65.2 Å². The van der Waals surface area contributed by atoms with Crippen molar-refractivity contribution >= 4 is 16.7 Å².